The van der Waals surface area contributed by atoms with Gasteiger partial charge >= 0.3 is 18.0 Å². The SMILES string of the molecule is CC(F)(F)C(F)(F)OCC(O)COC(=O)C12CC3CC(C1)C(O)C(C3)C2. The van der Waals surface area contributed by atoms with Gasteiger partial charge < -0.3 is 19.7 Å². The second-order valence-corrected chi connectivity index (χ2v) is 8.21. The Bertz CT molecular complexity index is 534. The van der Waals surface area contributed by atoms with E-state index >= 15 is 0 Å². The summed E-state index contributed by atoms with van der Waals surface area (Å²) in [5.41, 5.74) is -0.698. The summed E-state index contributed by atoms with van der Waals surface area (Å²) in [6, 6.07) is 0. The van der Waals surface area contributed by atoms with Crippen LogP contribution in [0, 0.1) is 23.2 Å². The highest BCUT2D eigenvalue weighted by Crippen LogP contribution is 2.60. The molecule has 4 rings (SSSR count). The zero-order valence-electron chi connectivity index (χ0n) is 14.5. The molecule has 0 spiro atoms. The topological polar surface area (TPSA) is 76.0 Å². The molecule has 3 atom stereocenters. The molecule has 0 radical (unpaired) electrons. The summed E-state index contributed by atoms with van der Waals surface area (Å²) >= 11 is 0. The van der Waals surface area contributed by atoms with E-state index in [-0.39, 0.29) is 18.8 Å². The van der Waals surface area contributed by atoms with E-state index in [1.807, 2.05) is 0 Å². The fourth-order valence-electron chi connectivity index (χ4n) is 4.95. The van der Waals surface area contributed by atoms with Crippen LogP contribution >= 0.6 is 0 Å². The van der Waals surface area contributed by atoms with Crippen LogP contribution in [0.2, 0.25) is 0 Å². The number of hydrogen-bond acceptors (Lipinski definition) is 5. The molecule has 4 aliphatic carbocycles. The Labute approximate surface area is 148 Å². The molecule has 5 nitrogen and oxygen atoms in total. The molecule has 0 aromatic heterocycles. The van der Waals surface area contributed by atoms with Crippen molar-refractivity contribution in [2.75, 3.05) is 13.2 Å². The van der Waals surface area contributed by atoms with Crippen LogP contribution in [0.4, 0.5) is 17.6 Å². The maximum atomic E-state index is 13.0. The first-order valence-corrected chi connectivity index (χ1v) is 8.86. The fourth-order valence-corrected chi connectivity index (χ4v) is 4.95. The monoisotopic (exact) mass is 384 g/mol. The van der Waals surface area contributed by atoms with Crippen LogP contribution in [0.1, 0.15) is 39.0 Å². The molecule has 26 heavy (non-hydrogen) atoms. The van der Waals surface area contributed by atoms with Crippen molar-refractivity contribution in [1.82, 2.24) is 0 Å². The van der Waals surface area contributed by atoms with Crippen LogP contribution in [-0.2, 0) is 14.3 Å². The van der Waals surface area contributed by atoms with Gasteiger partial charge in [-0.15, -0.1) is 0 Å². The summed E-state index contributed by atoms with van der Waals surface area (Å²) in [6.07, 6.45) is -3.25. The van der Waals surface area contributed by atoms with Crippen LogP contribution in [0.3, 0.4) is 0 Å². The van der Waals surface area contributed by atoms with Crippen LogP contribution in [-0.4, -0.2) is 53.6 Å². The van der Waals surface area contributed by atoms with Crippen LogP contribution in [0.5, 0.6) is 0 Å². The molecule has 0 aromatic carbocycles. The molecule has 9 heteroatoms. The van der Waals surface area contributed by atoms with Crippen molar-refractivity contribution in [1.29, 1.82) is 0 Å². The Balaban J connectivity index is 1.50. The quantitative estimate of drug-likeness (QED) is 0.521. The Hall–Kier alpha value is -0.930. The lowest BCUT2D eigenvalue weighted by molar-refractivity contribution is -0.346. The first kappa shape index (κ1) is 19.8. The first-order chi connectivity index (χ1) is 11.9. The van der Waals surface area contributed by atoms with Gasteiger partial charge in [-0.05, 0) is 49.9 Å². The number of ether oxygens (including phenoxy) is 2. The summed E-state index contributed by atoms with van der Waals surface area (Å²) in [5, 5.41) is 19.8. The van der Waals surface area contributed by atoms with Gasteiger partial charge in [0.05, 0.1) is 18.1 Å². The van der Waals surface area contributed by atoms with Crippen molar-refractivity contribution in [3.63, 3.8) is 0 Å². The van der Waals surface area contributed by atoms with Crippen molar-refractivity contribution < 1.29 is 42.0 Å². The number of carbonyl (C=O) groups is 1. The maximum Gasteiger partial charge on any atom is 0.419 e. The maximum absolute atomic E-state index is 13.0. The normalized spacial score (nSPS) is 37.7. The predicted molar refractivity (Wildman–Crippen MR) is 80.5 cm³/mol. The minimum atomic E-state index is -4.71. The lowest BCUT2D eigenvalue weighted by Crippen LogP contribution is -2.56. The third-order valence-electron chi connectivity index (χ3n) is 6.03. The van der Waals surface area contributed by atoms with Gasteiger partial charge in [0.1, 0.15) is 12.7 Å². The van der Waals surface area contributed by atoms with E-state index in [0.717, 1.165) is 12.8 Å². The lowest BCUT2D eigenvalue weighted by Gasteiger charge is -2.57. The third kappa shape index (κ3) is 3.57. The summed E-state index contributed by atoms with van der Waals surface area (Å²) < 4.78 is 60.2. The molecular weight excluding hydrogens is 360 g/mol. The zero-order valence-corrected chi connectivity index (χ0v) is 14.5. The van der Waals surface area contributed by atoms with E-state index in [0.29, 0.717) is 25.2 Å². The molecular formula is C17H24F4O5. The number of alkyl halides is 4. The molecule has 3 unspecified atom stereocenters. The number of esters is 1. The highest BCUT2D eigenvalue weighted by atomic mass is 19.3. The molecule has 4 bridgehead atoms. The first-order valence-electron chi connectivity index (χ1n) is 8.86. The van der Waals surface area contributed by atoms with Crippen LogP contribution < -0.4 is 0 Å². The lowest BCUT2D eigenvalue weighted by atomic mass is 9.48. The summed E-state index contributed by atoms with van der Waals surface area (Å²) in [6.45, 7) is -1.67. The number of rotatable bonds is 7. The Morgan fingerprint density at radius 3 is 2.27 bits per heavy atom. The Morgan fingerprint density at radius 2 is 1.73 bits per heavy atom. The molecule has 4 fully saturated rings. The van der Waals surface area contributed by atoms with E-state index in [2.05, 4.69) is 4.74 Å². The van der Waals surface area contributed by atoms with Crippen molar-refractivity contribution >= 4 is 5.97 Å². The third-order valence-corrected chi connectivity index (χ3v) is 6.03. The van der Waals surface area contributed by atoms with E-state index in [1.165, 1.54) is 0 Å². The standard InChI is InChI=1S/C17H24F4O5/c1-15(18,19)17(20,21)26-8-12(22)7-25-14(24)16-4-9-2-10(5-16)13(23)11(3-9)6-16/h9-13,22-23H,2-8H2,1H3. The number of carbonyl (C=O) groups excluding carboxylic acids is 1. The number of aliphatic hydroxyl groups is 2. The van der Waals surface area contributed by atoms with E-state index in [1.54, 1.807) is 0 Å². The summed E-state index contributed by atoms with van der Waals surface area (Å²) in [5.74, 6) is -4.42. The highest BCUT2D eigenvalue weighted by Gasteiger charge is 2.59. The van der Waals surface area contributed by atoms with E-state index < -0.39 is 48.8 Å². The molecule has 0 aromatic rings. The summed E-state index contributed by atoms with van der Waals surface area (Å²) in [4.78, 5) is 12.5. The van der Waals surface area contributed by atoms with Crippen molar-refractivity contribution in [2.24, 2.45) is 23.2 Å². The van der Waals surface area contributed by atoms with Gasteiger partial charge in [0.25, 0.3) is 0 Å². The van der Waals surface area contributed by atoms with E-state index in [9.17, 15) is 32.6 Å². The molecule has 2 N–H and O–H groups in total. The van der Waals surface area contributed by atoms with Crippen molar-refractivity contribution in [3.8, 4) is 0 Å². The smallest absolute Gasteiger partial charge is 0.419 e. The zero-order chi connectivity index (χ0) is 19.3. The minimum Gasteiger partial charge on any atom is -0.462 e. The van der Waals surface area contributed by atoms with Crippen LogP contribution in [0.25, 0.3) is 0 Å². The Kier molecular flexibility index (Phi) is 5.03. The predicted octanol–water partition coefficient (Wildman–Crippen LogP) is 2.34. The largest absolute Gasteiger partial charge is 0.462 e. The number of halogens is 4. The van der Waals surface area contributed by atoms with Gasteiger partial charge in [0.2, 0.25) is 0 Å². The van der Waals surface area contributed by atoms with E-state index in [4.69, 9.17) is 4.74 Å². The molecule has 150 valence electrons. The van der Waals surface area contributed by atoms with Gasteiger partial charge in [-0.2, -0.15) is 17.6 Å². The highest BCUT2D eigenvalue weighted by molar-refractivity contribution is 5.77. The molecule has 4 aliphatic rings. The Morgan fingerprint density at radius 1 is 1.15 bits per heavy atom. The van der Waals surface area contributed by atoms with Gasteiger partial charge in [0, 0.05) is 6.92 Å². The summed E-state index contributed by atoms with van der Waals surface area (Å²) in [7, 11) is 0. The molecule has 0 saturated heterocycles. The van der Waals surface area contributed by atoms with Gasteiger partial charge in [0.15, 0.2) is 0 Å². The number of hydrogen-bond donors (Lipinski definition) is 2. The average molecular weight is 384 g/mol. The average Bonchev–Trinajstić information content (AvgIpc) is 2.53. The number of aliphatic hydroxyl groups excluding tert-OH is 2. The second-order valence-electron chi connectivity index (χ2n) is 8.21. The van der Waals surface area contributed by atoms with Crippen LogP contribution in [0.15, 0.2) is 0 Å². The minimum absolute atomic E-state index is 0.0148. The molecule has 0 heterocycles. The van der Waals surface area contributed by atoms with Crippen molar-refractivity contribution in [3.05, 3.63) is 0 Å². The molecule has 0 amide bonds. The van der Waals surface area contributed by atoms with Gasteiger partial charge in [-0.1, -0.05) is 0 Å². The molecule has 4 saturated carbocycles. The molecule has 0 aliphatic heterocycles. The fraction of sp³-hybridized carbons (Fsp3) is 0.941. The van der Waals surface area contributed by atoms with Gasteiger partial charge in [-0.3, -0.25) is 4.79 Å². The van der Waals surface area contributed by atoms with Gasteiger partial charge in [-0.25, -0.2) is 0 Å². The van der Waals surface area contributed by atoms with Crippen molar-refractivity contribution in [2.45, 2.75) is 63.3 Å². The second kappa shape index (κ2) is 6.60.